The lowest BCUT2D eigenvalue weighted by Gasteiger charge is -2.11. The summed E-state index contributed by atoms with van der Waals surface area (Å²) in [4.78, 5) is 19.7. The van der Waals surface area contributed by atoms with E-state index in [2.05, 4.69) is 30.8 Å². The van der Waals surface area contributed by atoms with Gasteiger partial charge >= 0.3 is 6.18 Å². The molecule has 0 aliphatic heterocycles. The number of aromatic nitrogens is 4. The zero-order chi connectivity index (χ0) is 20.9. The van der Waals surface area contributed by atoms with Crippen LogP contribution in [0.15, 0.2) is 36.1 Å². The van der Waals surface area contributed by atoms with Crippen LogP contribution in [0.1, 0.15) is 15.9 Å². The molecule has 0 unspecified atom stereocenters. The van der Waals surface area contributed by atoms with Gasteiger partial charge in [0.25, 0.3) is 5.91 Å². The molecule has 0 aliphatic carbocycles. The van der Waals surface area contributed by atoms with E-state index in [0.29, 0.717) is 22.7 Å². The number of halogens is 4. The van der Waals surface area contributed by atoms with Crippen molar-refractivity contribution < 1.29 is 22.7 Å². The first-order valence-electron chi connectivity index (χ1n) is 7.96. The molecule has 0 radical (unpaired) electrons. The van der Waals surface area contributed by atoms with Gasteiger partial charge in [0, 0.05) is 12.4 Å². The quantitative estimate of drug-likeness (QED) is 0.535. The standard InChI is InChI=1S/C16H12ClF3N6O2S/c17-11-5-10(16(18,19)20)7-23-14(11)28-4-3-21-12-2-1-9(6-22-12)13(27)25-15-26-24-8-29-15/h1-2,5-8H,3-4H2,(H,21,22)(H,25,26,27). The zero-order valence-electron chi connectivity index (χ0n) is 14.4. The normalized spacial score (nSPS) is 11.2. The number of carbonyl (C=O) groups excluding carboxylic acids is 1. The van der Waals surface area contributed by atoms with Crippen molar-refractivity contribution in [3.63, 3.8) is 0 Å². The van der Waals surface area contributed by atoms with E-state index in [9.17, 15) is 18.0 Å². The average molecular weight is 445 g/mol. The number of ether oxygens (including phenoxy) is 1. The average Bonchev–Trinajstić information content (AvgIpc) is 3.19. The number of nitrogens with one attached hydrogen (secondary N) is 2. The zero-order valence-corrected chi connectivity index (χ0v) is 16.0. The fraction of sp³-hybridized carbons (Fsp3) is 0.188. The molecule has 8 nitrogen and oxygen atoms in total. The predicted molar refractivity (Wildman–Crippen MR) is 100 cm³/mol. The number of carbonyl (C=O) groups is 1. The Morgan fingerprint density at radius 3 is 2.69 bits per heavy atom. The smallest absolute Gasteiger partial charge is 0.417 e. The minimum atomic E-state index is -4.53. The molecule has 0 bridgehead atoms. The van der Waals surface area contributed by atoms with Gasteiger partial charge < -0.3 is 10.1 Å². The maximum atomic E-state index is 12.6. The molecular formula is C16H12ClF3N6O2S. The van der Waals surface area contributed by atoms with E-state index in [1.807, 2.05) is 0 Å². The molecule has 29 heavy (non-hydrogen) atoms. The SMILES string of the molecule is O=C(Nc1nncs1)c1ccc(NCCOc2ncc(C(F)(F)F)cc2Cl)nc1. The second kappa shape index (κ2) is 9.01. The molecule has 1 amide bonds. The summed E-state index contributed by atoms with van der Waals surface area (Å²) in [5.74, 6) is 0.0119. The highest BCUT2D eigenvalue weighted by Gasteiger charge is 2.31. The van der Waals surface area contributed by atoms with Crippen LogP contribution < -0.4 is 15.4 Å². The fourth-order valence-corrected chi connectivity index (χ4v) is 2.70. The van der Waals surface area contributed by atoms with E-state index in [4.69, 9.17) is 16.3 Å². The van der Waals surface area contributed by atoms with Crippen LogP contribution in [0.2, 0.25) is 5.02 Å². The van der Waals surface area contributed by atoms with Crippen LogP contribution in [-0.4, -0.2) is 39.2 Å². The van der Waals surface area contributed by atoms with Gasteiger partial charge in [-0.15, -0.1) is 10.2 Å². The molecule has 3 aromatic rings. The van der Waals surface area contributed by atoms with Crippen molar-refractivity contribution in [1.82, 2.24) is 20.2 Å². The van der Waals surface area contributed by atoms with E-state index in [0.717, 1.165) is 6.07 Å². The lowest BCUT2D eigenvalue weighted by atomic mass is 10.2. The summed E-state index contributed by atoms with van der Waals surface area (Å²) in [7, 11) is 0. The van der Waals surface area contributed by atoms with Gasteiger partial charge in [0.2, 0.25) is 11.0 Å². The summed E-state index contributed by atoms with van der Waals surface area (Å²) >= 11 is 6.96. The predicted octanol–water partition coefficient (Wildman–Crippen LogP) is 3.74. The first kappa shape index (κ1) is 20.7. The van der Waals surface area contributed by atoms with Crippen LogP contribution in [0, 0.1) is 0 Å². The molecule has 0 saturated carbocycles. The Labute approximate surface area is 171 Å². The van der Waals surface area contributed by atoms with Crippen molar-refractivity contribution >= 4 is 39.8 Å². The van der Waals surface area contributed by atoms with Gasteiger partial charge in [0.05, 0.1) is 17.7 Å². The van der Waals surface area contributed by atoms with Crippen molar-refractivity contribution in [2.45, 2.75) is 6.18 Å². The molecular weight excluding hydrogens is 433 g/mol. The summed E-state index contributed by atoms with van der Waals surface area (Å²) in [6.07, 6.45) is -2.49. The third-order valence-corrected chi connectivity index (χ3v) is 4.27. The Hall–Kier alpha value is -2.99. The van der Waals surface area contributed by atoms with Crippen LogP contribution in [0.25, 0.3) is 0 Å². The van der Waals surface area contributed by atoms with Crippen molar-refractivity contribution in [3.8, 4) is 5.88 Å². The Kier molecular flexibility index (Phi) is 6.44. The van der Waals surface area contributed by atoms with Gasteiger partial charge in [-0.1, -0.05) is 22.9 Å². The molecule has 0 fully saturated rings. The number of amides is 1. The van der Waals surface area contributed by atoms with Crippen molar-refractivity contribution in [1.29, 1.82) is 0 Å². The molecule has 3 heterocycles. The van der Waals surface area contributed by atoms with Gasteiger partial charge in [0.15, 0.2) is 0 Å². The highest BCUT2D eigenvalue weighted by Crippen LogP contribution is 2.33. The van der Waals surface area contributed by atoms with Crippen LogP contribution in [0.5, 0.6) is 5.88 Å². The topological polar surface area (TPSA) is 102 Å². The van der Waals surface area contributed by atoms with E-state index in [1.54, 1.807) is 12.1 Å². The first-order chi connectivity index (χ1) is 13.8. The number of anilines is 2. The largest absolute Gasteiger partial charge is 0.475 e. The molecule has 2 N–H and O–H groups in total. The Bertz CT molecular complexity index is 970. The van der Waals surface area contributed by atoms with Crippen LogP contribution in [0.3, 0.4) is 0 Å². The second-order valence-corrected chi connectivity index (χ2v) is 6.65. The lowest BCUT2D eigenvalue weighted by Crippen LogP contribution is -2.15. The Morgan fingerprint density at radius 2 is 2.07 bits per heavy atom. The number of nitrogens with zero attached hydrogens (tertiary/aromatic N) is 4. The fourth-order valence-electron chi connectivity index (χ4n) is 2.04. The monoisotopic (exact) mass is 444 g/mol. The highest BCUT2D eigenvalue weighted by atomic mass is 35.5. The van der Waals surface area contributed by atoms with E-state index >= 15 is 0 Å². The third-order valence-electron chi connectivity index (χ3n) is 3.39. The molecule has 0 aromatic carbocycles. The lowest BCUT2D eigenvalue weighted by molar-refractivity contribution is -0.137. The Balaban J connectivity index is 1.47. The van der Waals surface area contributed by atoms with Crippen molar-refractivity contribution in [3.05, 3.63) is 52.3 Å². The maximum absolute atomic E-state index is 12.6. The minimum Gasteiger partial charge on any atom is -0.475 e. The van der Waals surface area contributed by atoms with E-state index < -0.39 is 11.7 Å². The van der Waals surface area contributed by atoms with Crippen LogP contribution >= 0.6 is 22.9 Å². The molecule has 0 aliphatic rings. The summed E-state index contributed by atoms with van der Waals surface area (Å²) < 4.78 is 43.0. The molecule has 0 atom stereocenters. The number of hydrogen-bond acceptors (Lipinski definition) is 8. The summed E-state index contributed by atoms with van der Waals surface area (Å²) in [5, 5.41) is 13.0. The maximum Gasteiger partial charge on any atom is 0.417 e. The highest BCUT2D eigenvalue weighted by molar-refractivity contribution is 7.13. The van der Waals surface area contributed by atoms with Gasteiger partial charge in [-0.3, -0.25) is 10.1 Å². The third kappa shape index (κ3) is 5.74. The number of hydrogen-bond donors (Lipinski definition) is 2. The Morgan fingerprint density at radius 1 is 1.24 bits per heavy atom. The minimum absolute atomic E-state index is 0.0824. The number of pyridine rings is 2. The molecule has 0 saturated heterocycles. The molecule has 3 rings (SSSR count). The molecule has 0 spiro atoms. The summed E-state index contributed by atoms with van der Waals surface area (Å²) in [5.41, 5.74) is 0.881. The molecule has 13 heteroatoms. The van der Waals surface area contributed by atoms with Crippen molar-refractivity contribution in [2.24, 2.45) is 0 Å². The van der Waals surface area contributed by atoms with Crippen LogP contribution in [0.4, 0.5) is 24.1 Å². The number of rotatable bonds is 7. The first-order valence-corrected chi connectivity index (χ1v) is 9.21. The van der Waals surface area contributed by atoms with Gasteiger partial charge in [-0.2, -0.15) is 13.2 Å². The molecule has 3 aromatic heterocycles. The molecule has 152 valence electrons. The number of alkyl halides is 3. The van der Waals surface area contributed by atoms with Gasteiger partial charge in [0.1, 0.15) is 23.0 Å². The van der Waals surface area contributed by atoms with Gasteiger partial charge in [-0.25, -0.2) is 9.97 Å². The van der Waals surface area contributed by atoms with Crippen molar-refractivity contribution in [2.75, 3.05) is 23.8 Å². The summed E-state index contributed by atoms with van der Waals surface area (Å²) in [6.45, 7) is 0.363. The summed E-state index contributed by atoms with van der Waals surface area (Å²) in [6, 6.07) is 3.92. The second-order valence-electron chi connectivity index (χ2n) is 5.41. The van der Waals surface area contributed by atoms with Crippen LogP contribution in [-0.2, 0) is 6.18 Å². The van der Waals surface area contributed by atoms with E-state index in [-0.39, 0.29) is 30.0 Å². The van der Waals surface area contributed by atoms with E-state index in [1.165, 1.54) is 23.0 Å². The van der Waals surface area contributed by atoms with Gasteiger partial charge in [-0.05, 0) is 18.2 Å².